The van der Waals surface area contributed by atoms with Crippen LogP contribution in [0.2, 0.25) is 0 Å². The molecule has 0 aliphatic rings. The van der Waals surface area contributed by atoms with Gasteiger partial charge in [0.25, 0.3) is 5.91 Å². The van der Waals surface area contributed by atoms with Crippen molar-refractivity contribution in [1.29, 1.82) is 0 Å². The number of carbonyl (C=O) groups is 2. The molecule has 7 heteroatoms. The summed E-state index contributed by atoms with van der Waals surface area (Å²) in [5.41, 5.74) is 5.20. The van der Waals surface area contributed by atoms with Gasteiger partial charge in [0.15, 0.2) is 6.10 Å². The van der Waals surface area contributed by atoms with Gasteiger partial charge in [-0.15, -0.1) is 0 Å². The number of amides is 1. The highest BCUT2D eigenvalue weighted by Crippen LogP contribution is 2.21. The van der Waals surface area contributed by atoms with E-state index in [-0.39, 0.29) is 12.1 Å². The summed E-state index contributed by atoms with van der Waals surface area (Å²) >= 11 is 0. The molecule has 3 aromatic carbocycles. The van der Waals surface area contributed by atoms with Crippen LogP contribution in [0.4, 0.5) is 0 Å². The molecular weight excluding hydrogens is 466 g/mol. The third-order valence-electron chi connectivity index (χ3n) is 6.22. The number of aromatic nitrogens is 2. The average Bonchev–Trinajstić information content (AvgIpc) is 3.31. The minimum atomic E-state index is -1.75. The van der Waals surface area contributed by atoms with Crippen LogP contribution in [0.3, 0.4) is 0 Å². The number of hydrogen-bond donors (Lipinski definition) is 3. The third-order valence-corrected chi connectivity index (χ3v) is 6.22. The van der Waals surface area contributed by atoms with E-state index in [1.54, 1.807) is 6.07 Å². The number of aliphatic hydroxyl groups excluding tert-OH is 1. The largest absolute Gasteiger partial charge is 0.479 e. The maximum Gasteiger partial charge on any atom is 0.334 e. The van der Waals surface area contributed by atoms with E-state index in [4.69, 9.17) is 0 Å². The second-order valence-corrected chi connectivity index (χ2v) is 9.05. The van der Waals surface area contributed by atoms with Crippen LogP contribution >= 0.6 is 0 Å². The number of nitrogens with one attached hydrogen (secondary N) is 1. The van der Waals surface area contributed by atoms with Crippen molar-refractivity contribution >= 4 is 11.9 Å². The molecule has 0 saturated carbocycles. The van der Waals surface area contributed by atoms with Crippen molar-refractivity contribution in [3.63, 3.8) is 0 Å². The van der Waals surface area contributed by atoms with Crippen molar-refractivity contribution in [2.75, 3.05) is 0 Å². The fourth-order valence-corrected chi connectivity index (χ4v) is 4.34. The maximum absolute atomic E-state index is 13.1. The molecule has 0 radical (unpaired) electrons. The Labute approximate surface area is 216 Å². The molecular formula is C30H31N3O4. The van der Waals surface area contributed by atoms with Gasteiger partial charge in [0.1, 0.15) is 5.69 Å². The molecule has 1 amide bonds. The minimum absolute atomic E-state index is 0.175. The van der Waals surface area contributed by atoms with Crippen molar-refractivity contribution in [3.8, 4) is 11.1 Å². The number of benzene rings is 3. The van der Waals surface area contributed by atoms with Crippen molar-refractivity contribution in [1.82, 2.24) is 15.1 Å². The lowest BCUT2D eigenvalue weighted by atomic mass is 10.0. The summed E-state index contributed by atoms with van der Waals surface area (Å²) in [6.07, 6.45) is 0.0474. The predicted molar refractivity (Wildman–Crippen MR) is 142 cm³/mol. The predicted octanol–water partition coefficient (Wildman–Crippen LogP) is 4.34. The highest BCUT2D eigenvalue weighted by Gasteiger charge is 2.29. The fourth-order valence-electron chi connectivity index (χ4n) is 4.34. The average molecular weight is 498 g/mol. The quantitative estimate of drug-likeness (QED) is 0.286. The lowest BCUT2D eigenvalue weighted by Gasteiger charge is -2.21. The molecule has 0 unspecified atom stereocenters. The second-order valence-electron chi connectivity index (χ2n) is 9.05. The number of carboxylic acid groups (broad SMARTS) is 1. The standard InChI is InChI=1S/C30H31N3O4/c1-2-10-25-19-27(29(35)31-26(28(34)30(36)37)18-21-11-5-3-6-12-21)32-33(25)20-22-13-9-16-24(17-22)23-14-7-4-8-15-23/h3-9,11-17,19,26,28,34H,2,10,18,20H2,1H3,(H,31,35)(H,36,37)/t26-,28-/m1/s1. The molecule has 37 heavy (non-hydrogen) atoms. The molecule has 0 saturated heterocycles. The van der Waals surface area contributed by atoms with Gasteiger partial charge in [-0.3, -0.25) is 9.48 Å². The first-order valence-corrected chi connectivity index (χ1v) is 12.4. The summed E-state index contributed by atoms with van der Waals surface area (Å²) in [5, 5.41) is 26.9. The number of aliphatic carboxylic acids is 1. The fraction of sp³-hybridized carbons (Fsp3) is 0.233. The molecule has 1 heterocycles. The Balaban J connectivity index is 1.55. The zero-order valence-corrected chi connectivity index (χ0v) is 20.7. The summed E-state index contributed by atoms with van der Waals surface area (Å²) in [5.74, 6) is -1.91. The van der Waals surface area contributed by atoms with Crippen molar-refractivity contribution < 1.29 is 19.8 Å². The van der Waals surface area contributed by atoms with Crippen LogP contribution in [-0.4, -0.2) is 44.0 Å². The molecule has 2 atom stereocenters. The molecule has 0 fully saturated rings. The van der Waals surface area contributed by atoms with E-state index in [0.29, 0.717) is 6.54 Å². The molecule has 7 nitrogen and oxygen atoms in total. The lowest BCUT2D eigenvalue weighted by Crippen LogP contribution is -2.48. The zero-order chi connectivity index (χ0) is 26.2. The SMILES string of the molecule is CCCc1cc(C(=O)N[C@H](Cc2ccccc2)[C@@H](O)C(=O)O)nn1Cc1cccc(-c2ccccc2)c1. The van der Waals surface area contributed by atoms with Crippen LogP contribution in [0, 0.1) is 0 Å². The number of carbonyl (C=O) groups excluding carboxylic acids is 1. The Bertz CT molecular complexity index is 1340. The Morgan fingerprint density at radius 2 is 1.54 bits per heavy atom. The monoisotopic (exact) mass is 497 g/mol. The first-order valence-electron chi connectivity index (χ1n) is 12.4. The minimum Gasteiger partial charge on any atom is -0.479 e. The lowest BCUT2D eigenvalue weighted by molar-refractivity contribution is -0.148. The molecule has 190 valence electrons. The van der Waals surface area contributed by atoms with Gasteiger partial charge >= 0.3 is 5.97 Å². The summed E-state index contributed by atoms with van der Waals surface area (Å²) in [4.78, 5) is 24.6. The van der Waals surface area contributed by atoms with Gasteiger partial charge in [0.2, 0.25) is 0 Å². The highest BCUT2D eigenvalue weighted by atomic mass is 16.4. The van der Waals surface area contributed by atoms with E-state index in [1.165, 1.54) is 0 Å². The summed E-state index contributed by atoms with van der Waals surface area (Å²) in [6.45, 7) is 2.56. The van der Waals surface area contributed by atoms with Gasteiger partial charge in [-0.2, -0.15) is 5.10 Å². The Hall–Kier alpha value is -4.23. The van der Waals surface area contributed by atoms with E-state index >= 15 is 0 Å². The third kappa shape index (κ3) is 6.71. The molecule has 3 N–H and O–H groups in total. The van der Waals surface area contributed by atoms with Crippen LogP contribution in [0.15, 0.2) is 91.0 Å². The molecule has 0 aliphatic heterocycles. The zero-order valence-electron chi connectivity index (χ0n) is 20.7. The molecule has 0 aliphatic carbocycles. The first-order chi connectivity index (χ1) is 17.9. The Morgan fingerprint density at radius 3 is 2.22 bits per heavy atom. The summed E-state index contributed by atoms with van der Waals surface area (Å²) in [7, 11) is 0. The molecule has 0 spiro atoms. The second kappa shape index (κ2) is 12.1. The van der Waals surface area contributed by atoms with Gasteiger partial charge < -0.3 is 15.5 Å². The number of aliphatic hydroxyl groups is 1. The van der Waals surface area contributed by atoms with Gasteiger partial charge in [-0.1, -0.05) is 92.2 Å². The van der Waals surface area contributed by atoms with Crippen molar-refractivity contribution in [2.45, 2.75) is 44.9 Å². The van der Waals surface area contributed by atoms with Crippen LogP contribution in [0.25, 0.3) is 11.1 Å². The van der Waals surface area contributed by atoms with Crippen molar-refractivity contribution in [3.05, 3.63) is 114 Å². The van der Waals surface area contributed by atoms with Crippen LogP contribution in [0.5, 0.6) is 0 Å². The normalized spacial score (nSPS) is 12.6. The maximum atomic E-state index is 13.1. The number of hydrogen-bond acceptors (Lipinski definition) is 4. The Morgan fingerprint density at radius 1 is 0.892 bits per heavy atom. The number of rotatable bonds is 11. The van der Waals surface area contributed by atoms with Crippen LogP contribution in [0.1, 0.15) is 40.7 Å². The van der Waals surface area contributed by atoms with E-state index in [0.717, 1.165) is 40.8 Å². The molecule has 4 aromatic rings. The topological polar surface area (TPSA) is 104 Å². The van der Waals surface area contributed by atoms with Gasteiger partial charge in [-0.05, 0) is 47.2 Å². The summed E-state index contributed by atoms with van der Waals surface area (Å²) < 4.78 is 1.82. The van der Waals surface area contributed by atoms with Gasteiger partial charge in [0, 0.05) is 5.69 Å². The van der Waals surface area contributed by atoms with E-state index < -0.39 is 24.0 Å². The smallest absolute Gasteiger partial charge is 0.334 e. The molecule has 0 bridgehead atoms. The number of nitrogens with zero attached hydrogens (tertiary/aromatic N) is 2. The van der Waals surface area contributed by atoms with Gasteiger partial charge in [0.05, 0.1) is 12.6 Å². The van der Waals surface area contributed by atoms with E-state index in [2.05, 4.69) is 41.6 Å². The van der Waals surface area contributed by atoms with Gasteiger partial charge in [-0.25, -0.2) is 4.79 Å². The summed E-state index contributed by atoms with van der Waals surface area (Å²) in [6, 6.07) is 28.2. The number of carboxylic acids is 1. The van der Waals surface area contributed by atoms with Crippen LogP contribution in [-0.2, 0) is 24.2 Å². The Kier molecular flexibility index (Phi) is 8.48. The van der Waals surface area contributed by atoms with E-state index in [9.17, 15) is 19.8 Å². The molecule has 4 rings (SSSR count). The van der Waals surface area contributed by atoms with E-state index in [1.807, 2.05) is 65.3 Å². The van der Waals surface area contributed by atoms with Crippen LogP contribution < -0.4 is 5.32 Å². The van der Waals surface area contributed by atoms with Crippen molar-refractivity contribution in [2.24, 2.45) is 0 Å². The molecule has 1 aromatic heterocycles. The highest BCUT2D eigenvalue weighted by molar-refractivity contribution is 5.93. The number of aryl methyl sites for hydroxylation is 1. The first kappa shape index (κ1) is 25.9.